The van der Waals surface area contributed by atoms with Crippen LogP contribution >= 0.6 is 0 Å². The van der Waals surface area contributed by atoms with E-state index in [4.69, 9.17) is 9.15 Å². The van der Waals surface area contributed by atoms with Gasteiger partial charge in [-0.2, -0.15) is 0 Å². The standard InChI is InChI=1S/C19H18N2O4/c1-13-4-5-14(11-18(13)25-15-6-8-20-9-7-15)19(23)21-12-16(22)17-3-2-10-24-17/h2-11,16,22H,12H2,1H3,(H,21,23). The van der Waals surface area contributed by atoms with Crippen molar-refractivity contribution < 1.29 is 19.1 Å². The van der Waals surface area contributed by atoms with Gasteiger partial charge in [0.05, 0.1) is 12.8 Å². The highest BCUT2D eigenvalue weighted by Gasteiger charge is 2.14. The minimum absolute atomic E-state index is 0.0563. The zero-order chi connectivity index (χ0) is 17.6. The average molecular weight is 338 g/mol. The van der Waals surface area contributed by atoms with Crippen LogP contribution in [0.2, 0.25) is 0 Å². The third-order valence-corrected chi connectivity index (χ3v) is 3.66. The molecule has 6 nitrogen and oxygen atoms in total. The Kier molecular flexibility index (Phi) is 5.11. The Morgan fingerprint density at radius 3 is 2.80 bits per heavy atom. The van der Waals surface area contributed by atoms with Crippen molar-refractivity contribution in [1.29, 1.82) is 0 Å². The van der Waals surface area contributed by atoms with Crippen molar-refractivity contribution in [2.75, 3.05) is 6.54 Å². The molecule has 1 unspecified atom stereocenters. The molecule has 0 radical (unpaired) electrons. The Morgan fingerprint density at radius 1 is 1.28 bits per heavy atom. The van der Waals surface area contributed by atoms with E-state index in [-0.39, 0.29) is 12.5 Å². The number of pyridine rings is 1. The largest absolute Gasteiger partial charge is 0.467 e. The fraction of sp³-hybridized carbons (Fsp3) is 0.158. The van der Waals surface area contributed by atoms with Crippen molar-refractivity contribution in [3.05, 3.63) is 78.0 Å². The summed E-state index contributed by atoms with van der Waals surface area (Å²) in [7, 11) is 0. The normalized spacial score (nSPS) is 11.8. The second-order valence-corrected chi connectivity index (χ2v) is 5.51. The van der Waals surface area contributed by atoms with Crippen molar-refractivity contribution in [2.24, 2.45) is 0 Å². The second kappa shape index (κ2) is 7.63. The molecule has 0 saturated carbocycles. The van der Waals surface area contributed by atoms with Gasteiger partial charge in [-0.1, -0.05) is 6.07 Å². The summed E-state index contributed by atoms with van der Waals surface area (Å²) in [4.78, 5) is 16.3. The van der Waals surface area contributed by atoms with Gasteiger partial charge in [0.25, 0.3) is 5.91 Å². The van der Waals surface area contributed by atoms with E-state index >= 15 is 0 Å². The van der Waals surface area contributed by atoms with E-state index in [0.717, 1.165) is 5.56 Å². The van der Waals surface area contributed by atoms with Gasteiger partial charge in [-0.25, -0.2) is 0 Å². The van der Waals surface area contributed by atoms with Crippen LogP contribution in [-0.2, 0) is 0 Å². The molecular formula is C19H18N2O4. The van der Waals surface area contributed by atoms with Gasteiger partial charge in [-0.15, -0.1) is 0 Å². The van der Waals surface area contributed by atoms with Crippen LogP contribution in [0.1, 0.15) is 27.8 Å². The zero-order valence-electron chi connectivity index (χ0n) is 13.7. The van der Waals surface area contributed by atoms with Crippen LogP contribution < -0.4 is 10.1 Å². The lowest BCUT2D eigenvalue weighted by Gasteiger charge is -2.12. The molecule has 1 aromatic carbocycles. The summed E-state index contributed by atoms with van der Waals surface area (Å²) in [6.45, 7) is 1.96. The number of amides is 1. The van der Waals surface area contributed by atoms with E-state index in [0.29, 0.717) is 22.8 Å². The number of ether oxygens (including phenoxy) is 1. The molecule has 0 aliphatic carbocycles. The number of nitrogens with one attached hydrogen (secondary N) is 1. The number of aliphatic hydroxyl groups excluding tert-OH is 1. The highest BCUT2D eigenvalue weighted by Crippen LogP contribution is 2.25. The molecule has 0 bridgehead atoms. The number of aliphatic hydroxyl groups is 1. The number of carbonyl (C=O) groups is 1. The predicted octanol–water partition coefficient (Wildman–Crippen LogP) is 3.24. The first kappa shape index (κ1) is 16.7. The molecule has 0 aliphatic rings. The molecule has 3 aromatic rings. The number of benzene rings is 1. The van der Waals surface area contributed by atoms with E-state index in [1.54, 1.807) is 48.8 Å². The summed E-state index contributed by atoms with van der Waals surface area (Å²) in [5, 5.41) is 12.6. The first-order valence-electron chi connectivity index (χ1n) is 7.81. The van der Waals surface area contributed by atoms with Crippen molar-refractivity contribution in [3.8, 4) is 11.5 Å². The minimum Gasteiger partial charge on any atom is -0.467 e. The Morgan fingerprint density at radius 2 is 2.08 bits per heavy atom. The second-order valence-electron chi connectivity index (χ2n) is 5.51. The predicted molar refractivity (Wildman–Crippen MR) is 91.5 cm³/mol. The molecule has 1 amide bonds. The van der Waals surface area contributed by atoms with E-state index in [1.165, 1.54) is 6.26 Å². The van der Waals surface area contributed by atoms with Crippen LogP contribution in [0.3, 0.4) is 0 Å². The van der Waals surface area contributed by atoms with Crippen LogP contribution in [0, 0.1) is 6.92 Å². The Labute approximate surface area is 145 Å². The van der Waals surface area contributed by atoms with Crippen LogP contribution in [0.5, 0.6) is 11.5 Å². The Bertz CT molecular complexity index is 832. The maximum absolute atomic E-state index is 12.3. The molecule has 0 aliphatic heterocycles. The van der Waals surface area contributed by atoms with Crippen LogP contribution in [0.25, 0.3) is 0 Å². The van der Waals surface area contributed by atoms with Crippen LogP contribution in [0.15, 0.2) is 65.5 Å². The topological polar surface area (TPSA) is 84.6 Å². The van der Waals surface area contributed by atoms with Gasteiger partial charge < -0.3 is 19.6 Å². The molecule has 3 rings (SSSR count). The van der Waals surface area contributed by atoms with Crippen molar-refractivity contribution in [2.45, 2.75) is 13.0 Å². The number of aryl methyl sites for hydroxylation is 1. The quantitative estimate of drug-likeness (QED) is 0.721. The number of rotatable bonds is 6. The molecular weight excluding hydrogens is 320 g/mol. The van der Waals surface area contributed by atoms with E-state index in [2.05, 4.69) is 10.3 Å². The zero-order valence-corrected chi connectivity index (χ0v) is 13.7. The SMILES string of the molecule is Cc1ccc(C(=O)NCC(O)c2ccco2)cc1Oc1ccncc1. The van der Waals surface area contributed by atoms with Gasteiger partial charge >= 0.3 is 0 Å². The van der Waals surface area contributed by atoms with E-state index in [9.17, 15) is 9.90 Å². The number of aromatic nitrogens is 1. The lowest BCUT2D eigenvalue weighted by Crippen LogP contribution is -2.28. The molecule has 25 heavy (non-hydrogen) atoms. The highest BCUT2D eigenvalue weighted by molar-refractivity contribution is 5.94. The molecule has 0 spiro atoms. The average Bonchev–Trinajstić information content (AvgIpc) is 3.17. The number of carbonyl (C=O) groups excluding carboxylic acids is 1. The van der Waals surface area contributed by atoms with Gasteiger partial charge in [0.1, 0.15) is 23.4 Å². The number of nitrogens with zero attached hydrogens (tertiary/aromatic N) is 1. The lowest BCUT2D eigenvalue weighted by atomic mass is 10.1. The summed E-state index contributed by atoms with van der Waals surface area (Å²) in [5.74, 6) is 1.34. The fourth-order valence-corrected chi connectivity index (χ4v) is 2.26. The Balaban J connectivity index is 1.67. The molecule has 2 N–H and O–H groups in total. The molecule has 2 heterocycles. The smallest absolute Gasteiger partial charge is 0.251 e. The third kappa shape index (κ3) is 4.24. The molecule has 0 fully saturated rings. The molecule has 1 atom stereocenters. The van der Waals surface area contributed by atoms with E-state index in [1.807, 2.05) is 13.0 Å². The third-order valence-electron chi connectivity index (χ3n) is 3.66. The van der Waals surface area contributed by atoms with Gasteiger partial charge in [0.15, 0.2) is 0 Å². The Hall–Kier alpha value is -3.12. The van der Waals surface area contributed by atoms with Crippen LogP contribution in [0.4, 0.5) is 0 Å². The number of hydrogen-bond acceptors (Lipinski definition) is 5. The van der Waals surface area contributed by atoms with Crippen molar-refractivity contribution >= 4 is 5.91 Å². The maximum Gasteiger partial charge on any atom is 0.251 e. The van der Waals surface area contributed by atoms with Gasteiger partial charge in [-0.05, 0) is 48.9 Å². The number of hydrogen-bond donors (Lipinski definition) is 2. The summed E-state index contributed by atoms with van der Waals surface area (Å²) >= 11 is 0. The molecule has 6 heteroatoms. The fourth-order valence-electron chi connectivity index (χ4n) is 2.26. The van der Waals surface area contributed by atoms with Gasteiger partial charge in [0.2, 0.25) is 0 Å². The maximum atomic E-state index is 12.3. The monoisotopic (exact) mass is 338 g/mol. The summed E-state index contributed by atoms with van der Waals surface area (Å²) < 4.78 is 10.9. The van der Waals surface area contributed by atoms with Crippen LogP contribution in [-0.4, -0.2) is 22.5 Å². The minimum atomic E-state index is -0.892. The summed E-state index contributed by atoms with van der Waals surface area (Å²) in [6.07, 6.45) is 3.86. The molecule has 2 aromatic heterocycles. The summed E-state index contributed by atoms with van der Waals surface area (Å²) in [6, 6.07) is 12.0. The van der Waals surface area contributed by atoms with E-state index < -0.39 is 6.10 Å². The highest BCUT2D eigenvalue weighted by atomic mass is 16.5. The number of furan rings is 1. The summed E-state index contributed by atoms with van der Waals surface area (Å²) in [5.41, 5.74) is 1.35. The first-order chi connectivity index (χ1) is 12.1. The van der Waals surface area contributed by atoms with Crippen molar-refractivity contribution in [1.82, 2.24) is 10.3 Å². The van der Waals surface area contributed by atoms with Crippen molar-refractivity contribution in [3.63, 3.8) is 0 Å². The molecule has 128 valence electrons. The molecule has 0 saturated heterocycles. The lowest BCUT2D eigenvalue weighted by molar-refractivity contribution is 0.0901. The van der Waals surface area contributed by atoms with Gasteiger partial charge in [0, 0.05) is 18.0 Å². The van der Waals surface area contributed by atoms with Gasteiger partial charge in [-0.3, -0.25) is 9.78 Å². The first-order valence-corrected chi connectivity index (χ1v) is 7.81.